The van der Waals surface area contributed by atoms with E-state index in [2.05, 4.69) is 34.2 Å². The number of carbonyl (C=O) groups is 1. The van der Waals surface area contributed by atoms with Crippen LogP contribution in [0.15, 0.2) is 78.2 Å². The van der Waals surface area contributed by atoms with Gasteiger partial charge >= 0.3 is 6.18 Å². The van der Waals surface area contributed by atoms with E-state index in [9.17, 15) is 18.0 Å². The Hall–Kier alpha value is -3.42. The molecule has 1 aromatic heterocycles. The number of fused-ring (bicyclic) bond motifs is 1. The minimum atomic E-state index is -4.41. The topological polar surface area (TPSA) is 41.1 Å². The third-order valence-electron chi connectivity index (χ3n) is 6.56. The number of benzene rings is 3. The van der Waals surface area contributed by atoms with E-state index in [1.165, 1.54) is 28.1 Å². The lowest BCUT2D eigenvalue weighted by molar-refractivity contribution is -0.137. The Morgan fingerprint density at radius 2 is 1.75 bits per heavy atom. The average Bonchev–Trinajstić information content (AvgIpc) is 3.51. The lowest BCUT2D eigenvalue weighted by Crippen LogP contribution is -2.28. The molecule has 0 radical (unpaired) electrons. The molecule has 1 aliphatic rings. The van der Waals surface area contributed by atoms with Crippen molar-refractivity contribution in [1.82, 2.24) is 5.32 Å². The molecule has 0 saturated carbocycles. The van der Waals surface area contributed by atoms with Crippen molar-refractivity contribution in [1.29, 1.82) is 0 Å². The van der Waals surface area contributed by atoms with Gasteiger partial charge in [0.25, 0.3) is 5.91 Å². The zero-order valence-corrected chi connectivity index (χ0v) is 20.5. The van der Waals surface area contributed by atoms with Gasteiger partial charge in [-0.2, -0.15) is 13.2 Å². The van der Waals surface area contributed by atoms with E-state index in [1.807, 2.05) is 25.1 Å². The van der Waals surface area contributed by atoms with E-state index >= 15 is 0 Å². The number of hydrogen-bond donors (Lipinski definition) is 2. The van der Waals surface area contributed by atoms with Crippen LogP contribution in [-0.4, -0.2) is 11.9 Å². The summed E-state index contributed by atoms with van der Waals surface area (Å²) in [5.74, 6) is -0.293. The highest BCUT2D eigenvalue weighted by Crippen LogP contribution is 2.34. The van der Waals surface area contributed by atoms with Gasteiger partial charge in [-0.25, -0.2) is 0 Å². The number of thiophene rings is 1. The lowest BCUT2D eigenvalue weighted by atomic mass is 9.93. The van der Waals surface area contributed by atoms with Gasteiger partial charge in [0.15, 0.2) is 0 Å². The van der Waals surface area contributed by atoms with Crippen LogP contribution in [0.25, 0.3) is 11.1 Å². The first kappa shape index (κ1) is 24.3. The number of alkyl halides is 3. The SMILES string of the molecule is Cc1cccc(C(=O)Nc2ccc3c(c2)C[C@@H](NCc2cccs2)C3)c1-c1ccc(C(F)(F)F)cc1. The molecule has 1 amide bonds. The molecule has 1 heterocycles. The van der Waals surface area contributed by atoms with Crippen LogP contribution < -0.4 is 10.6 Å². The number of aryl methyl sites for hydroxylation is 1. The van der Waals surface area contributed by atoms with Gasteiger partial charge in [-0.15, -0.1) is 11.3 Å². The zero-order chi connectivity index (χ0) is 25.3. The van der Waals surface area contributed by atoms with Crippen molar-refractivity contribution in [3.63, 3.8) is 0 Å². The maximum absolute atomic E-state index is 13.3. The van der Waals surface area contributed by atoms with E-state index < -0.39 is 11.7 Å². The van der Waals surface area contributed by atoms with Crippen LogP contribution in [0.3, 0.4) is 0 Å². The molecule has 1 atom stereocenters. The Morgan fingerprint density at radius 1 is 0.972 bits per heavy atom. The predicted molar refractivity (Wildman–Crippen MR) is 138 cm³/mol. The number of rotatable bonds is 6. The van der Waals surface area contributed by atoms with Gasteiger partial charge in [0.2, 0.25) is 0 Å². The molecule has 0 fully saturated rings. The summed E-state index contributed by atoms with van der Waals surface area (Å²) in [7, 11) is 0. The summed E-state index contributed by atoms with van der Waals surface area (Å²) < 4.78 is 39.0. The molecule has 3 nitrogen and oxygen atoms in total. The number of anilines is 1. The predicted octanol–water partition coefficient (Wildman–Crippen LogP) is 7.25. The van der Waals surface area contributed by atoms with Gasteiger partial charge in [-0.1, -0.05) is 36.4 Å². The molecule has 184 valence electrons. The fourth-order valence-corrected chi connectivity index (χ4v) is 5.42. The van der Waals surface area contributed by atoms with E-state index in [0.717, 1.165) is 37.1 Å². The lowest BCUT2D eigenvalue weighted by Gasteiger charge is -2.15. The molecule has 3 aromatic carbocycles. The van der Waals surface area contributed by atoms with Gasteiger partial charge < -0.3 is 10.6 Å². The molecular formula is C29H25F3N2OS. The minimum absolute atomic E-state index is 0.293. The second-order valence-corrected chi connectivity index (χ2v) is 10.1. The highest BCUT2D eigenvalue weighted by Gasteiger charge is 2.30. The number of amides is 1. The van der Waals surface area contributed by atoms with Gasteiger partial charge in [0.05, 0.1) is 5.56 Å². The molecule has 0 saturated heterocycles. The Bertz CT molecular complexity index is 1380. The Kier molecular flexibility index (Phi) is 6.69. The van der Waals surface area contributed by atoms with Gasteiger partial charge in [-0.05, 0) is 89.4 Å². The van der Waals surface area contributed by atoms with E-state index in [4.69, 9.17) is 0 Å². The molecule has 5 rings (SSSR count). The van der Waals surface area contributed by atoms with Crippen molar-refractivity contribution in [2.45, 2.75) is 38.5 Å². The molecule has 0 unspecified atom stereocenters. The molecule has 36 heavy (non-hydrogen) atoms. The number of hydrogen-bond acceptors (Lipinski definition) is 3. The molecule has 0 aliphatic heterocycles. The summed E-state index contributed by atoms with van der Waals surface area (Å²) in [4.78, 5) is 14.6. The fraction of sp³-hybridized carbons (Fsp3) is 0.207. The highest BCUT2D eigenvalue weighted by atomic mass is 32.1. The molecule has 0 bridgehead atoms. The van der Waals surface area contributed by atoms with Crippen LogP contribution in [0.5, 0.6) is 0 Å². The summed E-state index contributed by atoms with van der Waals surface area (Å²) in [5, 5.41) is 8.68. The van der Waals surface area contributed by atoms with Crippen molar-refractivity contribution < 1.29 is 18.0 Å². The van der Waals surface area contributed by atoms with Crippen molar-refractivity contribution in [3.05, 3.63) is 111 Å². The largest absolute Gasteiger partial charge is 0.416 e. The molecule has 7 heteroatoms. The molecule has 4 aromatic rings. The quantitative estimate of drug-likeness (QED) is 0.289. The molecule has 0 spiro atoms. The second kappa shape index (κ2) is 9.91. The molecule has 1 aliphatic carbocycles. The first-order chi connectivity index (χ1) is 17.3. The second-order valence-electron chi connectivity index (χ2n) is 9.08. The van der Waals surface area contributed by atoms with Gasteiger partial charge in [0.1, 0.15) is 0 Å². The maximum Gasteiger partial charge on any atom is 0.416 e. The fourth-order valence-electron chi connectivity index (χ4n) is 4.76. The summed E-state index contributed by atoms with van der Waals surface area (Å²) in [6.07, 6.45) is -2.56. The van der Waals surface area contributed by atoms with Crippen LogP contribution in [0.4, 0.5) is 18.9 Å². The highest BCUT2D eigenvalue weighted by molar-refractivity contribution is 7.09. The van der Waals surface area contributed by atoms with E-state index in [1.54, 1.807) is 23.5 Å². The van der Waals surface area contributed by atoms with Gasteiger partial charge in [0, 0.05) is 28.7 Å². The van der Waals surface area contributed by atoms with Crippen molar-refractivity contribution in [2.24, 2.45) is 0 Å². The number of nitrogens with one attached hydrogen (secondary N) is 2. The first-order valence-corrected chi connectivity index (χ1v) is 12.6. The van der Waals surface area contributed by atoms with Crippen LogP contribution >= 0.6 is 11.3 Å². The van der Waals surface area contributed by atoms with Crippen molar-refractivity contribution >= 4 is 22.9 Å². The Balaban J connectivity index is 1.32. The van der Waals surface area contributed by atoms with Gasteiger partial charge in [-0.3, -0.25) is 4.79 Å². The summed E-state index contributed by atoms with van der Waals surface area (Å²) >= 11 is 1.74. The minimum Gasteiger partial charge on any atom is -0.322 e. The maximum atomic E-state index is 13.3. The zero-order valence-electron chi connectivity index (χ0n) is 19.7. The standard InChI is InChI=1S/C29H25F3N2OS/c1-18-4-2-6-26(27(18)19-7-10-22(11-8-19)29(30,31)32)28(35)34-23-12-9-20-14-24(16-21(20)15-23)33-17-25-5-3-13-36-25/h2-13,15,24,33H,14,16-17H2,1H3,(H,34,35)/t24-/m0/s1. The summed E-state index contributed by atoms with van der Waals surface area (Å²) in [5.41, 5.74) is 4.91. The number of halogens is 3. The normalized spacial score (nSPS) is 15.1. The van der Waals surface area contributed by atoms with E-state index in [0.29, 0.717) is 28.4 Å². The summed E-state index contributed by atoms with van der Waals surface area (Å²) in [6, 6.07) is 20.8. The third kappa shape index (κ3) is 5.22. The Morgan fingerprint density at radius 3 is 2.47 bits per heavy atom. The average molecular weight is 507 g/mol. The smallest absolute Gasteiger partial charge is 0.322 e. The number of carbonyl (C=O) groups excluding carboxylic acids is 1. The van der Waals surface area contributed by atoms with Crippen LogP contribution in [-0.2, 0) is 25.6 Å². The Labute approximate surface area is 212 Å². The summed E-state index contributed by atoms with van der Waals surface area (Å²) in [6.45, 7) is 2.70. The molecular weight excluding hydrogens is 481 g/mol. The third-order valence-corrected chi connectivity index (χ3v) is 7.44. The van der Waals surface area contributed by atoms with Crippen LogP contribution in [0, 0.1) is 6.92 Å². The molecule has 2 N–H and O–H groups in total. The van der Waals surface area contributed by atoms with Crippen LogP contribution in [0.2, 0.25) is 0 Å². The van der Waals surface area contributed by atoms with Crippen molar-refractivity contribution in [2.75, 3.05) is 5.32 Å². The van der Waals surface area contributed by atoms with Crippen molar-refractivity contribution in [3.8, 4) is 11.1 Å². The monoisotopic (exact) mass is 506 g/mol. The van der Waals surface area contributed by atoms with Crippen LogP contribution in [0.1, 0.15) is 37.5 Å². The van der Waals surface area contributed by atoms with E-state index in [-0.39, 0.29) is 5.91 Å². The first-order valence-electron chi connectivity index (χ1n) is 11.7.